The van der Waals surface area contributed by atoms with Crippen molar-refractivity contribution >= 4 is 34.7 Å². The van der Waals surface area contributed by atoms with Crippen LogP contribution in [0.5, 0.6) is 5.75 Å². The van der Waals surface area contributed by atoms with Gasteiger partial charge in [-0.3, -0.25) is 10.1 Å². The molecule has 0 amide bonds. The van der Waals surface area contributed by atoms with Crippen LogP contribution in [0.25, 0.3) is 10.4 Å². The van der Waals surface area contributed by atoms with Crippen molar-refractivity contribution in [3.63, 3.8) is 0 Å². The van der Waals surface area contributed by atoms with Gasteiger partial charge in [-0.25, -0.2) is 9.59 Å². The second kappa shape index (κ2) is 9.26. The van der Waals surface area contributed by atoms with Crippen molar-refractivity contribution in [3.8, 4) is 16.2 Å². The molecule has 0 aliphatic carbocycles. The van der Waals surface area contributed by atoms with Crippen LogP contribution in [0.1, 0.15) is 20.8 Å². The number of nitrogens with one attached hydrogen (secondary N) is 1. The standard InChI is InChI=1S/C21H18N2O7S/c1-12-18(30-11-17(24)25)20(21(26)27)31-19(12)14-5-2-4-13(8-14)10-22-15-6-3-7-16(9-15)23(28)29/h2-9,22H,10-11H2,1H3,(H,24,25)(H,26,27). The van der Waals surface area contributed by atoms with E-state index in [0.29, 0.717) is 22.7 Å². The van der Waals surface area contributed by atoms with E-state index < -0.39 is 23.5 Å². The molecule has 31 heavy (non-hydrogen) atoms. The first-order chi connectivity index (χ1) is 14.8. The first-order valence-electron chi connectivity index (χ1n) is 9.05. The number of aromatic carboxylic acids is 1. The van der Waals surface area contributed by atoms with Gasteiger partial charge in [0.1, 0.15) is 5.75 Å². The molecule has 0 spiro atoms. The number of benzene rings is 2. The lowest BCUT2D eigenvalue weighted by atomic mass is 10.1. The van der Waals surface area contributed by atoms with Crippen molar-refractivity contribution in [1.82, 2.24) is 0 Å². The normalized spacial score (nSPS) is 10.5. The van der Waals surface area contributed by atoms with E-state index in [1.807, 2.05) is 24.3 Å². The van der Waals surface area contributed by atoms with Crippen molar-refractivity contribution in [2.75, 3.05) is 11.9 Å². The van der Waals surface area contributed by atoms with Crippen LogP contribution in [-0.4, -0.2) is 33.7 Å². The molecule has 0 fully saturated rings. The van der Waals surface area contributed by atoms with Gasteiger partial charge in [-0.05, 0) is 30.2 Å². The highest BCUT2D eigenvalue weighted by Gasteiger charge is 2.23. The third-order valence-electron chi connectivity index (χ3n) is 4.37. The predicted octanol–water partition coefficient (Wildman–Crippen LogP) is 4.41. The van der Waals surface area contributed by atoms with Crippen LogP contribution in [0.3, 0.4) is 0 Å². The zero-order chi connectivity index (χ0) is 22.5. The number of thiophene rings is 1. The molecule has 0 unspecified atom stereocenters. The zero-order valence-electron chi connectivity index (χ0n) is 16.3. The van der Waals surface area contributed by atoms with Crippen molar-refractivity contribution < 1.29 is 29.5 Å². The first kappa shape index (κ1) is 21.8. The average Bonchev–Trinajstić information content (AvgIpc) is 3.07. The van der Waals surface area contributed by atoms with Gasteiger partial charge >= 0.3 is 11.9 Å². The summed E-state index contributed by atoms with van der Waals surface area (Å²) in [6.45, 7) is 1.45. The number of nitro benzene ring substituents is 1. The number of hydrogen-bond donors (Lipinski definition) is 3. The molecule has 0 saturated heterocycles. The Bertz CT molecular complexity index is 1160. The van der Waals surface area contributed by atoms with Crippen molar-refractivity contribution in [2.45, 2.75) is 13.5 Å². The number of carboxylic acid groups (broad SMARTS) is 2. The molecule has 0 saturated carbocycles. The fourth-order valence-corrected chi connectivity index (χ4v) is 4.07. The quantitative estimate of drug-likeness (QED) is 0.327. The molecule has 160 valence electrons. The third-order valence-corrected chi connectivity index (χ3v) is 5.68. The minimum absolute atomic E-state index is 0.0111. The van der Waals surface area contributed by atoms with Gasteiger partial charge in [0.25, 0.3) is 5.69 Å². The molecule has 0 aliphatic heterocycles. The summed E-state index contributed by atoms with van der Waals surface area (Å²) in [5.74, 6) is -2.34. The summed E-state index contributed by atoms with van der Waals surface area (Å²) >= 11 is 1.01. The minimum Gasteiger partial charge on any atom is -0.480 e. The highest BCUT2D eigenvalue weighted by molar-refractivity contribution is 7.18. The maximum absolute atomic E-state index is 11.6. The van der Waals surface area contributed by atoms with E-state index in [1.54, 1.807) is 19.1 Å². The Hall–Kier alpha value is -3.92. The highest BCUT2D eigenvalue weighted by Crippen LogP contribution is 2.41. The Kier molecular flexibility index (Phi) is 6.51. The monoisotopic (exact) mass is 442 g/mol. The third kappa shape index (κ3) is 5.17. The molecule has 0 radical (unpaired) electrons. The topological polar surface area (TPSA) is 139 Å². The minimum atomic E-state index is -1.20. The summed E-state index contributed by atoms with van der Waals surface area (Å²) in [4.78, 5) is 33.5. The van der Waals surface area contributed by atoms with E-state index in [4.69, 9.17) is 9.84 Å². The summed E-state index contributed by atoms with van der Waals surface area (Å²) in [5.41, 5.74) is 2.77. The van der Waals surface area contributed by atoms with Crippen LogP contribution in [0.2, 0.25) is 0 Å². The van der Waals surface area contributed by atoms with Crippen molar-refractivity contribution in [1.29, 1.82) is 0 Å². The number of carboxylic acids is 2. The van der Waals surface area contributed by atoms with Gasteiger partial charge < -0.3 is 20.3 Å². The van der Waals surface area contributed by atoms with E-state index in [1.165, 1.54) is 12.1 Å². The van der Waals surface area contributed by atoms with E-state index in [-0.39, 0.29) is 16.3 Å². The van der Waals surface area contributed by atoms with Crippen molar-refractivity contribution in [3.05, 3.63) is 74.6 Å². The molecule has 9 nitrogen and oxygen atoms in total. The fraction of sp³-hybridized carbons (Fsp3) is 0.143. The van der Waals surface area contributed by atoms with Crippen LogP contribution in [0, 0.1) is 17.0 Å². The maximum Gasteiger partial charge on any atom is 0.349 e. The van der Waals surface area contributed by atoms with Crippen LogP contribution < -0.4 is 10.1 Å². The molecule has 1 aromatic heterocycles. The molecule has 2 aromatic carbocycles. The lowest BCUT2D eigenvalue weighted by Gasteiger charge is -2.09. The Morgan fingerprint density at radius 2 is 1.90 bits per heavy atom. The molecule has 0 aliphatic rings. The van der Waals surface area contributed by atoms with Gasteiger partial charge in [-0.15, -0.1) is 11.3 Å². The number of aliphatic carboxylic acids is 1. The van der Waals surface area contributed by atoms with Crippen LogP contribution in [-0.2, 0) is 11.3 Å². The van der Waals surface area contributed by atoms with Crippen LogP contribution in [0.15, 0.2) is 48.5 Å². The van der Waals surface area contributed by atoms with Gasteiger partial charge in [-0.1, -0.05) is 24.3 Å². The van der Waals surface area contributed by atoms with E-state index in [0.717, 1.165) is 22.5 Å². The summed E-state index contributed by atoms with van der Waals surface area (Å²) in [6, 6.07) is 13.6. The number of nitro groups is 1. The molecule has 1 heterocycles. The number of ether oxygens (including phenoxy) is 1. The molecular formula is C21H18N2O7S. The summed E-state index contributed by atoms with van der Waals surface area (Å²) in [5, 5.41) is 32.4. The Morgan fingerprint density at radius 3 is 2.58 bits per heavy atom. The largest absolute Gasteiger partial charge is 0.480 e. The molecule has 3 rings (SSSR count). The summed E-state index contributed by atoms with van der Waals surface area (Å²) < 4.78 is 5.22. The highest BCUT2D eigenvalue weighted by atomic mass is 32.1. The van der Waals surface area contributed by atoms with E-state index >= 15 is 0 Å². The maximum atomic E-state index is 11.6. The summed E-state index contributed by atoms with van der Waals surface area (Å²) in [7, 11) is 0. The second-order valence-corrected chi connectivity index (χ2v) is 7.58. The summed E-state index contributed by atoms with van der Waals surface area (Å²) in [6.07, 6.45) is 0. The van der Waals surface area contributed by atoms with Crippen molar-refractivity contribution in [2.24, 2.45) is 0 Å². The zero-order valence-corrected chi connectivity index (χ0v) is 17.1. The first-order valence-corrected chi connectivity index (χ1v) is 9.87. The Morgan fingerprint density at radius 1 is 1.16 bits per heavy atom. The number of nitrogens with zero attached hydrogens (tertiary/aromatic N) is 1. The number of carbonyl (C=O) groups is 2. The van der Waals surface area contributed by atoms with Gasteiger partial charge in [0, 0.05) is 34.8 Å². The molecule has 3 aromatic rings. The fourth-order valence-electron chi connectivity index (χ4n) is 2.98. The number of rotatable bonds is 9. The smallest absolute Gasteiger partial charge is 0.349 e. The number of non-ortho nitro benzene ring substituents is 1. The number of anilines is 1. The molecule has 3 N–H and O–H groups in total. The average molecular weight is 442 g/mol. The molecule has 0 atom stereocenters. The molecular weight excluding hydrogens is 424 g/mol. The van der Waals surface area contributed by atoms with Gasteiger partial charge in [0.2, 0.25) is 0 Å². The Labute approximate surface area is 180 Å². The van der Waals surface area contributed by atoms with E-state index in [2.05, 4.69) is 5.32 Å². The van der Waals surface area contributed by atoms with Gasteiger partial charge in [-0.2, -0.15) is 0 Å². The molecule has 10 heteroatoms. The SMILES string of the molecule is Cc1c(-c2cccc(CNc3cccc([N+](=O)[O-])c3)c2)sc(C(=O)O)c1OCC(=O)O. The second-order valence-electron chi connectivity index (χ2n) is 6.56. The number of hydrogen-bond acceptors (Lipinski definition) is 7. The van der Waals surface area contributed by atoms with E-state index in [9.17, 15) is 24.8 Å². The predicted molar refractivity (Wildman–Crippen MR) is 115 cm³/mol. The lowest BCUT2D eigenvalue weighted by molar-refractivity contribution is -0.384. The van der Waals surface area contributed by atoms with Crippen LogP contribution >= 0.6 is 11.3 Å². The lowest BCUT2D eigenvalue weighted by Crippen LogP contribution is -2.11. The Balaban J connectivity index is 1.85. The van der Waals surface area contributed by atoms with Crippen LogP contribution in [0.4, 0.5) is 11.4 Å². The van der Waals surface area contributed by atoms with Gasteiger partial charge in [0.05, 0.1) is 4.92 Å². The van der Waals surface area contributed by atoms with Gasteiger partial charge in [0.15, 0.2) is 11.5 Å². The molecule has 0 bridgehead atoms.